The van der Waals surface area contributed by atoms with Crippen molar-refractivity contribution in [1.29, 1.82) is 0 Å². The zero-order valence-electron chi connectivity index (χ0n) is 9.87. The zero-order chi connectivity index (χ0) is 11.2. The Hall–Kier alpha value is -0.450. The van der Waals surface area contributed by atoms with E-state index in [9.17, 15) is 0 Å². The van der Waals surface area contributed by atoms with E-state index in [1.54, 1.807) is 18.4 Å². The molecule has 1 aliphatic rings. The highest BCUT2D eigenvalue weighted by Crippen LogP contribution is 2.16. The molecule has 1 N–H and O–H groups in total. The molecule has 0 aromatic carbocycles. The molecule has 16 heavy (non-hydrogen) atoms. The Morgan fingerprint density at radius 2 is 2.56 bits per heavy atom. The molecule has 1 aromatic heterocycles. The van der Waals surface area contributed by atoms with Crippen molar-refractivity contribution < 1.29 is 4.74 Å². The fourth-order valence-corrected chi connectivity index (χ4v) is 2.96. The molecule has 2 rings (SSSR count). The van der Waals surface area contributed by atoms with Crippen molar-refractivity contribution in [2.75, 3.05) is 20.3 Å². The van der Waals surface area contributed by atoms with Gasteiger partial charge >= 0.3 is 0 Å². The highest BCUT2D eigenvalue weighted by atomic mass is 32.1. The van der Waals surface area contributed by atoms with Gasteiger partial charge in [-0.25, -0.2) is 4.98 Å². The van der Waals surface area contributed by atoms with E-state index >= 15 is 0 Å². The van der Waals surface area contributed by atoms with Crippen LogP contribution in [0, 0.1) is 0 Å². The van der Waals surface area contributed by atoms with Crippen LogP contribution in [0.4, 0.5) is 0 Å². The van der Waals surface area contributed by atoms with Gasteiger partial charge in [-0.15, -0.1) is 11.3 Å². The second-order valence-corrected chi connectivity index (χ2v) is 5.27. The number of nitrogens with zero attached hydrogens (tertiary/aromatic N) is 1. The van der Waals surface area contributed by atoms with Gasteiger partial charge in [0.2, 0.25) is 0 Å². The second-order valence-electron chi connectivity index (χ2n) is 4.33. The number of nitrogens with one attached hydrogen (secondary N) is 1. The standard InChI is InChI=1S/C12H20N2OS/c1-15-7-3-5-12-14-11(9-16-12)8-10-4-2-6-13-10/h9-10,13H,2-8H2,1H3. The number of thiazole rings is 1. The van der Waals surface area contributed by atoms with Gasteiger partial charge in [0.25, 0.3) is 0 Å². The highest BCUT2D eigenvalue weighted by molar-refractivity contribution is 7.09. The van der Waals surface area contributed by atoms with Gasteiger partial charge in [0, 0.05) is 38.0 Å². The van der Waals surface area contributed by atoms with Gasteiger partial charge < -0.3 is 10.1 Å². The predicted octanol–water partition coefficient (Wildman–Crippen LogP) is 2.02. The summed E-state index contributed by atoms with van der Waals surface area (Å²) in [6, 6.07) is 0.661. The van der Waals surface area contributed by atoms with Gasteiger partial charge in [-0.1, -0.05) is 0 Å². The molecule has 90 valence electrons. The van der Waals surface area contributed by atoms with E-state index < -0.39 is 0 Å². The summed E-state index contributed by atoms with van der Waals surface area (Å²) in [4.78, 5) is 4.67. The van der Waals surface area contributed by atoms with Gasteiger partial charge in [-0.3, -0.25) is 0 Å². The average Bonchev–Trinajstić information content (AvgIpc) is 2.91. The monoisotopic (exact) mass is 240 g/mol. The molecular formula is C12H20N2OS. The fourth-order valence-electron chi connectivity index (χ4n) is 2.11. The molecule has 1 unspecified atom stereocenters. The second kappa shape index (κ2) is 6.33. The molecule has 0 radical (unpaired) electrons. The Bertz CT molecular complexity index is 308. The molecular weight excluding hydrogens is 220 g/mol. The molecule has 3 nitrogen and oxygen atoms in total. The molecule has 1 fully saturated rings. The van der Waals surface area contributed by atoms with Crippen molar-refractivity contribution in [3.8, 4) is 0 Å². The maximum atomic E-state index is 5.04. The third-order valence-electron chi connectivity index (χ3n) is 2.96. The van der Waals surface area contributed by atoms with E-state index in [2.05, 4.69) is 15.7 Å². The van der Waals surface area contributed by atoms with Crippen molar-refractivity contribution >= 4 is 11.3 Å². The number of ether oxygens (including phenoxy) is 1. The largest absolute Gasteiger partial charge is 0.385 e. The summed E-state index contributed by atoms with van der Waals surface area (Å²) in [5.41, 5.74) is 1.26. The Labute approximate surface area is 101 Å². The topological polar surface area (TPSA) is 34.1 Å². The molecule has 0 spiro atoms. The Morgan fingerprint density at radius 1 is 1.62 bits per heavy atom. The maximum absolute atomic E-state index is 5.04. The lowest BCUT2D eigenvalue weighted by Crippen LogP contribution is -2.23. The van der Waals surface area contributed by atoms with Crippen LogP contribution in [-0.2, 0) is 17.6 Å². The number of hydrogen-bond donors (Lipinski definition) is 1. The van der Waals surface area contributed by atoms with Crippen LogP contribution in [0.15, 0.2) is 5.38 Å². The Morgan fingerprint density at radius 3 is 3.31 bits per heavy atom. The van der Waals surface area contributed by atoms with Crippen LogP contribution < -0.4 is 5.32 Å². The van der Waals surface area contributed by atoms with Gasteiger partial charge in [-0.2, -0.15) is 0 Å². The van der Waals surface area contributed by atoms with Gasteiger partial charge in [0.1, 0.15) is 0 Å². The first kappa shape index (κ1) is 12.0. The van der Waals surface area contributed by atoms with Crippen molar-refractivity contribution in [2.45, 2.75) is 38.1 Å². The lowest BCUT2D eigenvalue weighted by atomic mass is 10.1. The molecule has 0 amide bonds. The first-order valence-corrected chi connectivity index (χ1v) is 6.92. The summed E-state index contributed by atoms with van der Waals surface area (Å²) in [5.74, 6) is 0. The molecule has 0 aliphatic carbocycles. The first-order chi connectivity index (χ1) is 7.88. The fraction of sp³-hybridized carbons (Fsp3) is 0.750. The predicted molar refractivity (Wildman–Crippen MR) is 67.0 cm³/mol. The van der Waals surface area contributed by atoms with Crippen LogP contribution in [0.1, 0.15) is 30.0 Å². The summed E-state index contributed by atoms with van der Waals surface area (Å²) in [7, 11) is 1.75. The molecule has 1 atom stereocenters. The van der Waals surface area contributed by atoms with Crippen LogP contribution in [0.3, 0.4) is 0 Å². The molecule has 4 heteroatoms. The summed E-state index contributed by atoms with van der Waals surface area (Å²) in [5, 5.41) is 6.98. The maximum Gasteiger partial charge on any atom is 0.0929 e. The van der Waals surface area contributed by atoms with Gasteiger partial charge in [0.15, 0.2) is 0 Å². The zero-order valence-corrected chi connectivity index (χ0v) is 10.7. The van der Waals surface area contributed by atoms with E-state index in [4.69, 9.17) is 4.74 Å². The molecule has 1 aromatic rings. The minimum atomic E-state index is 0.661. The van der Waals surface area contributed by atoms with Crippen LogP contribution in [-0.4, -0.2) is 31.3 Å². The normalized spacial score (nSPS) is 20.4. The van der Waals surface area contributed by atoms with Crippen molar-refractivity contribution in [2.24, 2.45) is 0 Å². The molecule has 0 saturated carbocycles. The van der Waals surface area contributed by atoms with Crippen molar-refractivity contribution in [3.63, 3.8) is 0 Å². The SMILES string of the molecule is COCCCc1nc(CC2CCCN2)cs1. The number of hydrogen-bond acceptors (Lipinski definition) is 4. The molecule has 2 heterocycles. The Balaban J connectivity index is 1.77. The molecule has 1 aliphatic heterocycles. The van der Waals surface area contributed by atoms with Crippen molar-refractivity contribution in [3.05, 3.63) is 16.1 Å². The lowest BCUT2D eigenvalue weighted by Gasteiger charge is -2.06. The minimum absolute atomic E-state index is 0.661. The van der Waals surface area contributed by atoms with E-state index in [1.165, 1.54) is 30.1 Å². The van der Waals surface area contributed by atoms with E-state index in [1.807, 2.05) is 0 Å². The van der Waals surface area contributed by atoms with Crippen molar-refractivity contribution in [1.82, 2.24) is 10.3 Å². The molecule has 0 bridgehead atoms. The minimum Gasteiger partial charge on any atom is -0.385 e. The van der Waals surface area contributed by atoms with E-state index in [0.717, 1.165) is 25.9 Å². The Kier molecular flexibility index (Phi) is 4.75. The highest BCUT2D eigenvalue weighted by Gasteiger charge is 2.15. The summed E-state index contributed by atoms with van der Waals surface area (Å²) in [6.07, 6.45) is 5.84. The van der Waals surface area contributed by atoms with E-state index in [0.29, 0.717) is 6.04 Å². The van der Waals surface area contributed by atoms with Crippen LogP contribution in [0.5, 0.6) is 0 Å². The summed E-state index contributed by atoms with van der Waals surface area (Å²) >= 11 is 1.79. The third-order valence-corrected chi connectivity index (χ3v) is 3.91. The van der Waals surface area contributed by atoms with Crippen LogP contribution in [0.25, 0.3) is 0 Å². The lowest BCUT2D eigenvalue weighted by molar-refractivity contribution is 0.195. The average molecular weight is 240 g/mol. The number of methoxy groups -OCH3 is 1. The van der Waals surface area contributed by atoms with E-state index in [-0.39, 0.29) is 0 Å². The van der Waals surface area contributed by atoms with Gasteiger partial charge in [-0.05, 0) is 25.8 Å². The number of rotatable bonds is 6. The van der Waals surface area contributed by atoms with Crippen LogP contribution in [0.2, 0.25) is 0 Å². The number of aromatic nitrogens is 1. The van der Waals surface area contributed by atoms with Gasteiger partial charge in [0.05, 0.1) is 10.7 Å². The summed E-state index contributed by atoms with van der Waals surface area (Å²) in [6.45, 7) is 2.01. The first-order valence-electron chi connectivity index (χ1n) is 6.04. The quantitative estimate of drug-likeness (QED) is 0.772. The molecule has 1 saturated heterocycles. The third kappa shape index (κ3) is 3.54. The van der Waals surface area contributed by atoms with Crippen LogP contribution >= 0.6 is 11.3 Å². The smallest absolute Gasteiger partial charge is 0.0929 e. The summed E-state index contributed by atoms with van der Waals surface area (Å²) < 4.78 is 5.04. The number of aryl methyl sites for hydroxylation is 1.